The minimum atomic E-state index is -0.933. The number of thiocarbonyl (C=S) groups is 1. The van der Waals surface area contributed by atoms with E-state index < -0.39 is 5.97 Å². The number of carbonyl (C=O) groups is 1. The minimum Gasteiger partial charge on any atom is -0.478 e. The van der Waals surface area contributed by atoms with Crippen LogP contribution in [-0.2, 0) is 4.74 Å². The number of carboxylic acid groups (broad SMARTS) is 1. The van der Waals surface area contributed by atoms with Crippen molar-refractivity contribution in [1.82, 2.24) is 19.8 Å². The van der Waals surface area contributed by atoms with Crippen LogP contribution in [0.4, 0.5) is 0 Å². The van der Waals surface area contributed by atoms with Gasteiger partial charge in [-0.3, -0.25) is 4.98 Å². The highest BCUT2D eigenvalue weighted by Gasteiger charge is 2.42. The molecule has 0 spiro atoms. The van der Waals surface area contributed by atoms with E-state index in [0.717, 1.165) is 59.9 Å². The van der Waals surface area contributed by atoms with Crippen LogP contribution in [0.1, 0.15) is 63.5 Å². The molecule has 2 saturated heterocycles. The quantitative estimate of drug-likeness (QED) is 0.487. The molecule has 4 heterocycles. The molecule has 0 radical (unpaired) electrons. The van der Waals surface area contributed by atoms with Crippen LogP contribution < -0.4 is 5.32 Å². The maximum Gasteiger partial charge on any atom is 0.335 e. The highest BCUT2D eigenvalue weighted by molar-refractivity contribution is 7.80. The van der Waals surface area contributed by atoms with E-state index in [1.807, 2.05) is 37.4 Å². The Morgan fingerprint density at radius 1 is 1.23 bits per heavy atom. The van der Waals surface area contributed by atoms with Crippen molar-refractivity contribution in [3.05, 3.63) is 82.4 Å². The maximum absolute atomic E-state index is 11.7. The summed E-state index contributed by atoms with van der Waals surface area (Å²) >= 11 is 5.83. The molecule has 35 heavy (non-hydrogen) atoms. The van der Waals surface area contributed by atoms with Crippen LogP contribution in [0, 0.1) is 20.8 Å². The maximum atomic E-state index is 11.7. The largest absolute Gasteiger partial charge is 0.478 e. The van der Waals surface area contributed by atoms with Crippen LogP contribution in [0.2, 0.25) is 0 Å². The molecule has 0 amide bonds. The molecule has 1 aromatic carbocycles. The molecule has 2 aromatic heterocycles. The topological polar surface area (TPSA) is 79.6 Å². The van der Waals surface area contributed by atoms with Gasteiger partial charge in [0, 0.05) is 36.4 Å². The predicted molar refractivity (Wildman–Crippen MR) is 138 cm³/mol. The summed E-state index contributed by atoms with van der Waals surface area (Å²) in [6.45, 7) is 7.67. The molecule has 0 saturated carbocycles. The van der Waals surface area contributed by atoms with Gasteiger partial charge in [-0.2, -0.15) is 0 Å². The zero-order chi connectivity index (χ0) is 24.7. The third kappa shape index (κ3) is 4.32. The molecular weight excluding hydrogens is 460 g/mol. The summed E-state index contributed by atoms with van der Waals surface area (Å²) in [6.07, 6.45) is 4.06. The molecule has 7 nitrogen and oxygen atoms in total. The summed E-state index contributed by atoms with van der Waals surface area (Å²) in [5.41, 5.74) is 6.34. The van der Waals surface area contributed by atoms with Crippen molar-refractivity contribution in [2.75, 3.05) is 13.2 Å². The second-order valence-corrected chi connectivity index (χ2v) is 9.77. The molecule has 2 fully saturated rings. The molecule has 0 aliphatic carbocycles. The number of benzene rings is 1. The van der Waals surface area contributed by atoms with Gasteiger partial charge in [0.15, 0.2) is 5.11 Å². The molecule has 2 aliphatic heterocycles. The van der Waals surface area contributed by atoms with Gasteiger partial charge in [-0.1, -0.05) is 12.1 Å². The number of carboxylic acids is 1. The van der Waals surface area contributed by atoms with Gasteiger partial charge in [-0.15, -0.1) is 0 Å². The lowest BCUT2D eigenvalue weighted by Crippen LogP contribution is -2.36. The first kappa shape index (κ1) is 23.5. The van der Waals surface area contributed by atoms with Gasteiger partial charge in [0.25, 0.3) is 0 Å². The smallest absolute Gasteiger partial charge is 0.335 e. The Morgan fingerprint density at radius 3 is 2.74 bits per heavy atom. The number of ether oxygens (including phenoxy) is 1. The first-order chi connectivity index (χ1) is 16.8. The average molecular weight is 491 g/mol. The molecular formula is C27H30N4O3S. The van der Waals surface area contributed by atoms with E-state index in [-0.39, 0.29) is 23.8 Å². The Hall–Kier alpha value is -3.23. The number of rotatable bonds is 6. The SMILES string of the molecule is Cc1ccc(C(=O)O)cc1-n1c(C)cc([C@@H]2[C@H](c3ccccn3)NC(=S)N2C[C@@H]2CCCO2)c1C. The molecule has 0 bridgehead atoms. The fourth-order valence-corrected chi connectivity index (χ4v) is 5.70. The Bertz CT molecular complexity index is 1270. The number of nitrogens with zero attached hydrogens (tertiary/aromatic N) is 3. The van der Waals surface area contributed by atoms with Crippen molar-refractivity contribution < 1.29 is 14.6 Å². The number of aryl methyl sites for hydroxylation is 2. The lowest BCUT2D eigenvalue weighted by Gasteiger charge is -2.30. The normalized spacial score (nSPS) is 22.0. The van der Waals surface area contributed by atoms with E-state index in [0.29, 0.717) is 5.11 Å². The van der Waals surface area contributed by atoms with Crippen molar-refractivity contribution in [2.45, 2.75) is 51.8 Å². The van der Waals surface area contributed by atoms with Gasteiger partial charge >= 0.3 is 5.97 Å². The van der Waals surface area contributed by atoms with Gasteiger partial charge in [0.1, 0.15) is 0 Å². The summed E-state index contributed by atoms with van der Waals surface area (Å²) in [5.74, 6) is -0.933. The predicted octanol–water partition coefficient (Wildman–Crippen LogP) is 4.65. The van der Waals surface area contributed by atoms with Crippen molar-refractivity contribution in [2.24, 2.45) is 0 Å². The summed E-state index contributed by atoms with van der Waals surface area (Å²) < 4.78 is 8.11. The van der Waals surface area contributed by atoms with E-state index in [1.54, 1.807) is 12.1 Å². The number of hydrogen-bond acceptors (Lipinski definition) is 4. The number of hydrogen-bond donors (Lipinski definition) is 2. The minimum absolute atomic E-state index is 0.0653. The number of nitrogens with one attached hydrogen (secondary N) is 1. The standard InChI is InChI=1S/C27H30N4O3S/c1-16-9-10-19(26(32)33)14-23(16)31-17(2)13-21(18(31)3)25-24(22-8-4-5-11-28-22)29-27(35)30(25)15-20-7-6-12-34-20/h4-5,8-11,13-14,20,24-25H,6-7,12,15H2,1-3H3,(H,29,35)(H,32,33)/t20-,24-,25+/m0/s1. The molecule has 2 N–H and O–H groups in total. The highest BCUT2D eigenvalue weighted by atomic mass is 32.1. The van der Waals surface area contributed by atoms with E-state index >= 15 is 0 Å². The second-order valence-electron chi connectivity index (χ2n) is 9.38. The van der Waals surface area contributed by atoms with Crippen LogP contribution in [0.15, 0.2) is 48.7 Å². The molecule has 182 valence electrons. The molecule has 0 unspecified atom stereocenters. The Kier molecular flexibility index (Phi) is 6.34. The molecule has 3 aromatic rings. The third-order valence-electron chi connectivity index (χ3n) is 7.11. The molecule has 3 atom stereocenters. The molecule has 2 aliphatic rings. The molecule has 5 rings (SSSR count). The van der Waals surface area contributed by atoms with Crippen molar-refractivity contribution in [1.29, 1.82) is 0 Å². The second kappa shape index (κ2) is 9.43. The monoisotopic (exact) mass is 490 g/mol. The van der Waals surface area contributed by atoms with Gasteiger partial charge in [0.05, 0.1) is 29.4 Å². The van der Waals surface area contributed by atoms with E-state index in [4.69, 9.17) is 17.0 Å². The van der Waals surface area contributed by atoms with Crippen LogP contribution in [0.3, 0.4) is 0 Å². The number of aromatic nitrogens is 2. The van der Waals surface area contributed by atoms with Crippen molar-refractivity contribution in [3.63, 3.8) is 0 Å². The summed E-state index contributed by atoms with van der Waals surface area (Å²) in [4.78, 5) is 18.6. The summed E-state index contributed by atoms with van der Waals surface area (Å²) in [6, 6.07) is 13.2. The Labute approximate surface area is 210 Å². The van der Waals surface area contributed by atoms with E-state index in [9.17, 15) is 9.90 Å². The van der Waals surface area contributed by atoms with Gasteiger partial charge in [-0.05, 0) is 87.3 Å². The summed E-state index contributed by atoms with van der Waals surface area (Å²) in [5, 5.41) is 13.8. The Balaban J connectivity index is 1.62. The van der Waals surface area contributed by atoms with E-state index in [1.165, 1.54) is 0 Å². The fraction of sp³-hybridized carbons (Fsp3) is 0.370. The van der Waals surface area contributed by atoms with Gasteiger partial charge in [-0.25, -0.2) is 4.79 Å². The number of pyridine rings is 1. The van der Waals surface area contributed by atoms with Crippen LogP contribution in [-0.4, -0.2) is 49.9 Å². The lowest BCUT2D eigenvalue weighted by atomic mass is 9.96. The molecule has 8 heteroatoms. The highest BCUT2D eigenvalue weighted by Crippen LogP contribution is 2.42. The average Bonchev–Trinajstić information content (AvgIpc) is 3.54. The number of aromatic carboxylic acids is 1. The van der Waals surface area contributed by atoms with E-state index in [2.05, 4.69) is 39.7 Å². The summed E-state index contributed by atoms with van der Waals surface area (Å²) in [7, 11) is 0. The van der Waals surface area contributed by atoms with Crippen LogP contribution in [0.5, 0.6) is 0 Å². The van der Waals surface area contributed by atoms with Gasteiger partial charge < -0.3 is 24.6 Å². The lowest BCUT2D eigenvalue weighted by molar-refractivity contribution is 0.0696. The van der Waals surface area contributed by atoms with Crippen LogP contribution in [0.25, 0.3) is 5.69 Å². The van der Waals surface area contributed by atoms with Crippen molar-refractivity contribution >= 4 is 23.3 Å². The zero-order valence-electron chi connectivity index (χ0n) is 20.2. The Morgan fingerprint density at radius 2 is 2.06 bits per heavy atom. The third-order valence-corrected chi connectivity index (χ3v) is 7.46. The van der Waals surface area contributed by atoms with Crippen LogP contribution >= 0.6 is 12.2 Å². The fourth-order valence-electron chi connectivity index (χ4n) is 5.39. The first-order valence-corrected chi connectivity index (χ1v) is 12.4. The van der Waals surface area contributed by atoms with Crippen molar-refractivity contribution in [3.8, 4) is 5.69 Å². The van der Waals surface area contributed by atoms with Gasteiger partial charge in [0.2, 0.25) is 0 Å². The zero-order valence-corrected chi connectivity index (χ0v) is 21.0. The first-order valence-electron chi connectivity index (χ1n) is 12.0.